The fourth-order valence-electron chi connectivity index (χ4n) is 4.19. The number of carbonyl (C=O) groups is 1. The van der Waals surface area contributed by atoms with E-state index in [4.69, 9.17) is 9.72 Å². The second-order valence-corrected chi connectivity index (χ2v) is 12.4. The molecule has 0 aliphatic rings. The molecule has 0 N–H and O–H groups in total. The van der Waals surface area contributed by atoms with E-state index in [1.54, 1.807) is 24.1 Å². The van der Waals surface area contributed by atoms with Gasteiger partial charge in [0.25, 0.3) is 5.91 Å². The Morgan fingerprint density at radius 3 is 2.28 bits per heavy atom. The summed E-state index contributed by atoms with van der Waals surface area (Å²) in [5.41, 5.74) is 3.08. The topological polar surface area (TPSA) is 83.1 Å². The second kappa shape index (κ2) is 12.3. The third-order valence-electron chi connectivity index (χ3n) is 6.45. The molecule has 0 radical (unpaired) electrons. The first-order valence-electron chi connectivity index (χ1n) is 12.7. The van der Waals surface area contributed by atoms with Crippen molar-refractivity contribution in [3.05, 3.63) is 83.4 Å². The van der Waals surface area contributed by atoms with E-state index >= 15 is 0 Å². The van der Waals surface area contributed by atoms with Crippen molar-refractivity contribution in [1.82, 2.24) is 14.2 Å². The summed E-state index contributed by atoms with van der Waals surface area (Å²) >= 11 is 1.44. The van der Waals surface area contributed by atoms with Crippen LogP contribution < -0.4 is 9.64 Å². The lowest BCUT2D eigenvalue weighted by atomic mass is 10.2. The molecule has 1 aromatic heterocycles. The molecule has 3 aromatic carbocycles. The molecule has 4 aromatic rings. The van der Waals surface area contributed by atoms with E-state index in [0.717, 1.165) is 21.3 Å². The second-order valence-electron chi connectivity index (χ2n) is 9.46. The van der Waals surface area contributed by atoms with E-state index in [-0.39, 0.29) is 17.3 Å². The van der Waals surface area contributed by atoms with Crippen LogP contribution in [0.1, 0.15) is 28.4 Å². The summed E-state index contributed by atoms with van der Waals surface area (Å²) in [7, 11) is 1.76. The molecule has 0 atom stereocenters. The van der Waals surface area contributed by atoms with Crippen LogP contribution in [-0.2, 0) is 16.6 Å². The monoisotopic (exact) mass is 566 g/mol. The van der Waals surface area contributed by atoms with Crippen molar-refractivity contribution in [2.24, 2.45) is 0 Å². The molecule has 8 nitrogen and oxygen atoms in total. The molecular formula is C29H34N4O4S2. The normalized spacial score (nSPS) is 11.9. The first kappa shape index (κ1) is 28.7. The van der Waals surface area contributed by atoms with Crippen molar-refractivity contribution < 1.29 is 17.9 Å². The number of methoxy groups -OCH3 is 1. The average Bonchev–Trinajstić information content (AvgIpc) is 3.38. The molecule has 206 valence electrons. The maximum absolute atomic E-state index is 13.7. The number of likely N-dealkylation sites (N-methyl/N-ethyl adjacent to an activating group) is 1. The minimum Gasteiger partial charge on any atom is -0.494 e. The van der Waals surface area contributed by atoms with Gasteiger partial charge < -0.3 is 9.64 Å². The van der Waals surface area contributed by atoms with Gasteiger partial charge in [0.05, 0.1) is 16.7 Å². The lowest BCUT2D eigenvalue weighted by Crippen LogP contribution is -2.36. The molecule has 4 rings (SSSR count). The summed E-state index contributed by atoms with van der Waals surface area (Å²) in [5.74, 6) is 0.414. The summed E-state index contributed by atoms with van der Waals surface area (Å²) in [6.45, 7) is 5.49. The number of anilines is 1. The van der Waals surface area contributed by atoms with Gasteiger partial charge in [0.15, 0.2) is 5.13 Å². The van der Waals surface area contributed by atoms with Crippen LogP contribution in [0.2, 0.25) is 0 Å². The first-order valence-corrected chi connectivity index (χ1v) is 15.0. The van der Waals surface area contributed by atoms with E-state index in [1.807, 2.05) is 75.3 Å². The van der Waals surface area contributed by atoms with Crippen molar-refractivity contribution in [2.45, 2.75) is 25.3 Å². The average molecular weight is 567 g/mol. The zero-order valence-electron chi connectivity index (χ0n) is 22.9. The maximum Gasteiger partial charge on any atom is 0.260 e. The van der Waals surface area contributed by atoms with E-state index in [0.29, 0.717) is 36.1 Å². The number of benzene rings is 3. The number of amides is 1. The van der Waals surface area contributed by atoms with Crippen molar-refractivity contribution in [3.8, 4) is 5.75 Å². The number of ether oxygens (including phenoxy) is 1. The summed E-state index contributed by atoms with van der Waals surface area (Å²) in [6, 6.07) is 19.5. The molecule has 0 unspecified atom stereocenters. The highest BCUT2D eigenvalue weighted by atomic mass is 32.2. The number of thiazole rings is 1. The van der Waals surface area contributed by atoms with Crippen LogP contribution in [0.15, 0.2) is 71.6 Å². The summed E-state index contributed by atoms with van der Waals surface area (Å²) < 4.78 is 34.7. The fraction of sp³-hybridized carbons (Fsp3) is 0.310. The van der Waals surface area contributed by atoms with E-state index in [9.17, 15) is 13.2 Å². The van der Waals surface area contributed by atoms with Gasteiger partial charge in [-0.15, -0.1) is 0 Å². The van der Waals surface area contributed by atoms with Crippen molar-refractivity contribution >= 4 is 42.6 Å². The van der Waals surface area contributed by atoms with E-state index in [2.05, 4.69) is 0 Å². The number of aromatic nitrogens is 1. The van der Waals surface area contributed by atoms with Gasteiger partial charge in [-0.25, -0.2) is 13.4 Å². The molecule has 0 saturated heterocycles. The molecule has 0 aliphatic heterocycles. The van der Waals surface area contributed by atoms with Crippen molar-refractivity contribution in [3.63, 3.8) is 0 Å². The van der Waals surface area contributed by atoms with Crippen LogP contribution >= 0.6 is 11.3 Å². The number of aryl methyl sites for hydroxylation is 1. The Hall–Kier alpha value is -3.31. The molecule has 0 fully saturated rings. The Morgan fingerprint density at radius 1 is 0.974 bits per heavy atom. The van der Waals surface area contributed by atoms with Crippen molar-refractivity contribution in [1.29, 1.82) is 0 Å². The van der Waals surface area contributed by atoms with Gasteiger partial charge >= 0.3 is 0 Å². The van der Waals surface area contributed by atoms with Crippen molar-refractivity contribution in [2.75, 3.05) is 45.7 Å². The Morgan fingerprint density at radius 2 is 1.67 bits per heavy atom. The smallest absolute Gasteiger partial charge is 0.260 e. The standard InChI is InChI=1S/C29H34N4O4S2/c1-6-32(20-22-10-8-7-9-11-22)39(35,36)24-15-13-23(14-16-24)28(34)33(19-18-31(3)4)29-30-26-25(37-5)17-12-21(2)27(26)38-29/h7-17H,6,18-20H2,1-5H3. The molecular weight excluding hydrogens is 532 g/mol. The number of carbonyl (C=O) groups excluding carboxylic acids is 1. The van der Waals surface area contributed by atoms with Gasteiger partial charge in [-0.05, 0) is 62.5 Å². The van der Waals surface area contributed by atoms with Gasteiger partial charge in [0, 0.05) is 31.7 Å². The molecule has 39 heavy (non-hydrogen) atoms. The van der Waals surface area contributed by atoms with Gasteiger partial charge in [-0.2, -0.15) is 4.31 Å². The molecule has 1 heterocycles. The molecule has 0 spiro atoms. The molecule has 10 heteroatoms. The SMILES string of the molecule is CCN(Cc1ccccc1)S(=O)(=O)c1ccc(C(=O)N(CCN(C)C)c2nc3c(OC)ccc(C)c3s2)cc1. The van der Waals surface area contributed by atoms with Gasteiger partial charge in [0.2, 0.25) is 10.0 Å². The summed E-state index contributed by atoms with van der Waals surface area (Å²) in [6.07, 6.45) is 0. The quantitative estimate of drug-likeness (QED) is 0.253. The number of rotatable bonds is 11. The Bertz CT molecular complexity index is 1540. The summed E-state index contributed by atoms with van der Waals surface area (Å²) in [4.78, 5) is 22.3. The number of hydrogen-bond acceptors (Lipinski definition) is 7. The largest absolute Gasteiger partial charge is 0.494 e. The third kappa shape index (κ3) is 6.30. The van der Waals surface area contributed by atoms with Crippen LogP contribution in [0.4, 0.5) is 5.13 Å². The van der Waals surface area contributed by atoms with E-state index in [1.165, 1.54) is 27.8 Å². The fourth-order valence-corrected chi connectivity index (χ4v) is 6.70. The third-order valence-corrected chi connectivity index (χ3v) is 9.60. The summed E-state index contributed by atoms with van der Waals surface area (Å²) in [5, 5.41) is 0.571. The zero-order valence-corrected chi connectivity index (χ0v) is 24.6. The predicted molar refractivity (Wildman–Crippen MR) is 157 cm³/mol. The predicted octanol–water partition coefficient (Wildman–Crippen LogP) is 5.03. The van der Waals surface area contributed by atoms with Crippen LogP contribution in [0.5, 0.6) is 5.75 Å². The highest BCUT2D eigenvalue weighted by molar-refractivity contribution is 7.89. The van der Waals surface area contributed by atoms with Gasteiger partial charge in [-0.1, -0.05) is 54.7 Å². The minimum absolute atomic E-state index is 0.150. The van der Waals surface area contributed by atoms with E-state index < -0.39 is 10.0 Å². The number of fused-ring (bicyclic) bond motifs is 1. The lowest BCUT2D eigenvalue weighted by Gasteiger charge is -2.23. The van der Waals surface area contributed by atoms with Gasteiger partial charge in [0.1, 0.15) is 11.3 Å². The van der Waals surface area contributed by atoms with Crippen LogP contribution in [0, 0.1) is 6.92 Å². The van der Waals surface area contributed by atoms with Crippen LogP contribution in [0.3, 0.4) is 0 Å². The maximum atomic E-state index is 13.7. The Balaban J connectivity index is 1.64. The lowest BCUT2D eigenvalue weighted by molar-refractivity contribution is 0.0985. The number of nitrogens with zero attached hydrogens (tertiary/aromatic N) is 4. The minimum atomic E-state index is -3.74. The Labute approximate surface area is 234 Å². The Kier molecular flexibility index (Phi) is 9.01. The van der Waals surface area contributed by atoms with Gasteiger partial charge in [-0.3, -0.25) is 9.69 Å². The van der Waals surface area contributed by atoms with Crippen LogP contribution in [0.25, 0.3) is 10.2 Å². The molecule has 0 saturated carbocycles. The number of hydrogen-bond donors (Lipinski definition) is 0. The number of sulfonamides is 1. The highest BCUT2D eigenvalue weighted by Gasteiger charge is 2.26. The first-order chi connectivity index (χ1) is 18.6. The molecule has 0 bridgehead atoms. The molecule has 0 aliphatic carbocycles. The molecule has 1 amide bonds. The zero-order chi connectivity index (χ0) is 28.2. The highest BCUT2D eigenvalue weighted by Crippen LogP contribution is 2.37. The van der Waals surface area contributed by atoms with Crippen LogP contribution in [-0.4, -0.2) is 69.4 Å².